The summed E-state index contributed by atoms with van der Waals surface area (Å²) in [6, 6.07) is 7.59. The number of para-hydroxylation sites is 2. The van der Waals surface area contributed by atoms with Gasteiger partial charge in [-0.3, -0.25) is 4.99 Å². The molecule has 0 aromatic heterocycles. The summed E-state index contributed by atoms with van der Waals surface area (Å²) >= 11 is 0. The zero-order valence-electron chi connectivity index (χ0n) is 7.55. The molecule has 0 aliphatic carbocycles. The van der Waals surface area contributed by atoms with Crippen LogP contribution in [-0.2, 0) is 0 Å². The SMILES string of the molecule is [O-][N+]1=CC2=NCCN2c2ccccc21. The molecule has 0 saturated carbocycles. The van der Waals surface area contributed by atoms with Crippen LogP contribution >= 0.6 is 0 Å². The maximum absolute atomic E-state index is 11.6. The molecule has 3 rings (SSSR count). The molecule has 0 radical (unpaired) electrons. The summed E-state index contributed by atoms with van der Waals surface area (Å²) in [5.74, 6) is 0.777. The van der Waals surface area contributed by atoms with Crippen LogP contribution in [0.2, 0.25) is 0 Å². The normalized spacial score (nSPS) is 18.4. The molecule has 1 aromatic carbocycles. The lowest BCUT2D eigenvalue weighted by molar-refractivity contribution is -0.353. The van der Waals surface area contributed by atoms with E-state index in [1.807, 2.05) is 24.3 Å². The number of aliphatic imine (C=N–C) groups is 1. The second-order valence-corrected chi connectivity index (χ2v) is 3.34. The molecule has 2 aliphatic heterocycles. The van der Waals surface area contributed by atoms with Gasteiger partial charge in [-0.1, -0.05) is 12.1 Å². The number of fused-ring (bicyclic) bond motifs is 3. The molecule has 4 nitrogen and oxygen atoms in total. The predicted molar refractivity (Wildman–Crippen MR) is 55.4 cm³/mol. The van der Waals surface area contributed by atoms with Gasteiger partial charge in [0, 0.05) is 12.6 Å². The molecule has 0 spiro atoms. The molecule has 14 heavy (non-hydrogen) atoms. The third-order valence-corrected chi connectivity index (χ3v) is 2.52. The van der Waals surface area contributed by atoms with Gasteiger partial charge in [0.1, 0.15) is 5.69 Å². The number of amidine groups is 1. The van der Waals surface area contributed by atoms with E-state index in [0.717, 1.165) is 29.4 Å². The summed E-state index contributed by atoms with van der Waals surface area (Å²) < 4.78 is 0.885. The fourth-order valence-corrected chi connectivity index (χ4v) is 1.87. The Morgan fingerprint density at radius 3 is 3.14 bits per heavy atom. The minimum absolute atomic E-state index is 0.702. The first kappa shape index (κ1) is 7.55. The number of rotatable bonds is 0. The van der Waals surface area contributed by atoms with Crippen molar-refractivity contribution in [2.45, 2.75) is 0 Å². The Balaban J connectivity index is 2.24. The van der Waals surface area contributed by atoms with E-state index in [1.54, 1.807) is 0 Å². The van der Waals surface area contributed by atoms with Crippen molar-refractivity contribution in [2.24, 2.45) is 4.99 Å². The van der Waals surface area contributed by atoms with Gasteiger partial charge in [-0.25, -0.2) is 0 Å². The molecule has 0 unspecified atom stereocenters. The minimum atomic E-state index is 0.702. The highest BCUT2D eigenvalue weighted by Crippen LogP contribution is 2.31. The van der Waals surface area contributed by atoms with Crippen LogP contribution in [0.5, 0.6) is 0 Å². The molecule has 70 valence electrons. The van der Waals surface area contributed by atoms with E-state index in [1.165, 1.54) is 6.21 Å². The largest absolute Gasteiger partial charge is 0.618 e. The molecule has 1 aromatic rings. The smallest absolute Gasteiger partial charge is 0.240 e. The van der Waals surface area contributed by atoms with E-state index in [0.29, 0.717) is 5.69 Å². The van der Waals surface area contributed by atoms with Gasteiger partial charge in [0.2, 0.25) is 11.9 Å². The van der Waals surface area contributed by atoms with Crippen molar-refractivity contribution in [2.75, 3.05) is 18.0 Å². The Bertz CT molecular complexity index is 450. The molecule has 0 N–H and O–H groups in total. The van der Waals surface area contributed by atoms with Crippen LogP contribution in [-0.4, -0.2) is 29.9 Å². The molecular formula is C10H9N3O. The maximum Gasteiger partial charge on any atom is 0.240 e. The Hall–Kier alpha value is -1.84. The molecular weight excluding hydrogens is 178 g/mol. The first-order valence-corrected chi connectivity index (χ1v) is 4.58. The standard InChI is InChI=1S/C10H9N3O/c14-13-7-10-11-5-6-12(10)8-3-1-2-4-9(8)13/h1-4,7H,5-6H2. The molecule has 2 aliphatic rings. The highest BCUT2D eigenvalue weighted by Gasteiger charge is 2.28. The number of anilines is 1. The zero-order chi connectivity index (χ0) is 9.54. The third-order valence-electron chi connectivity index (χ3n) is 2.52. The van der Waals surface area contributed by atoms with Gasteiger partial charge in [-0.05, 0) is 6.07 Å². The van der Waals surface area contributed by atoms with Crippen molar-refractivity contribution in [3.05, 3.63) is 29.5 Å². The first-order valence-electron chi connectivity index (χ1n) is 4.58. The molecule has 0 atom stereocenters. The lowest BCUT2D eigenvalue weighted by atomic mass is 10.2. The van der Waals surface area contributed by atoms with E-state index in [-0.39, 0.29) is 0 Å². The van der Waals surface area contributed by atoms with Crippen LogP contribution < -0.4 is 4.90 Å². The highest BCUT2D eigenvalue weighted by molar-refractivity contribution is 6.36. The lowest BCUT2D eigenvalue weighted by Gasteiger charge is -2.23. The van der Waals surface area contributed by atoms with E-state index in [4.69, 9.17) is 0 Å². The Morgan fingerprint density at radius 1 is 1.36 bits per heavy atom. The van der Waals surface area contributed by atoms with Crippen molar-refractivity contribution in [3.8, 4) is 0 Å². The highest BCUT2D eigenvalue weighted by atomic mass is 16.5. The van der Waals surface area contributed by atoms with E-state index in [2.05, 4.69) is 9.89 Å². The second kappa shape index (κ2) is 2.57. The number of hydrogen-bond donors (Lipinski definition) is 0. The predicted octanol–water partition coefficient (Wildman–Crippen LogP) is 1.13. The van der Waals surface area contributed by atoms with Gasteiger partial charge in [-0.2, -0.15) is 4.74 Å². The van der Waals surface area contributed by atoms with Gasteiger partial charge < -0.3 is 10.1 Å². The monoisotopic (exact) mass is 187 g/mol. The van der Waals surface area contributed by atoms with Gasteiger partial charge >= 0.3 is 0 Å². The average Bonchev–Trinajstić information content (AvgIpc) is 2.66. The van der Waals surface area contributed by atoms with Crippen molar-refractivity contribution >= 4 is 23.4 Å². The van der Waals surface area contributed by atoms with Crippen LogP contribution in [0.15, 0.2) is 29.3 Å². The average molecular weight is 187 g/mol. The van der Waals surface area contributed by atoms with Crippen molar-refractivity contribution < 1.29 is 4.74 Å². The van der Waals surface area contributed by atoms with Crippen LogP contribution in [0.3, 0.4) is 0 Å². The Labute approximate surface area is 81.4 Å². The quantitative estimate of drug-likeness (QED) is 0.451. The molecule has 4 heteroatoms. The topological polar surface area (TPSA) is 41.7 Å². The number of nitrogens with zero attached hydrogens (tertiary/aromatic N) is 3. The zero-order valence-corrected chi connectivity index (χ0v) is 7.55. The summed E-state index contributed by atoms with van der Waals surface area (Å²) in [6.45, 7) is 1.64. The second-order valence-electron chi connectivity index (χ2n) is 3.34. The van der Waals surface area contributed by atoms with Crippen molar-refractivity contribution in [3.63, 3.8) is 0 Å². The fourth-order valence-electron chi connectivity index (χ4n) is 1.87. The maximum atomic E-state index is 11.6. The summed E-state index contributed by atoms with van der Waals surface area (Å²) in [5, 5.41) is 11.6. The number of benzene rings is 1. The van der Waals surface area contributed by atoms with E-state index < -0.39 is 0 Å². The molecule has 0 saturated heterocycles. The Kier molecular flexibility index (Phi) is 1.39. The molecule has 0 bridgehead atoms. The number of hydrogen-bond acceptors (Lipinski definition) is 3. The van der Waals surface area contributed by atoms with Gasteiger partial charge in [0.05, 0.1) is 6.54 Å². The van der Waals surface area contributed by atoms with Crippen LogP contribution in [0.4, 0.5) is 11.4 Å². The summed E-state index contributed by atoms with van der Waals surface area (Å²) in [6.07, 6.45) is 1.54. The lowest BCUT2D eigenvalue weighted by Crippen LogP contribution is -2.34. The molecule has 0 fully saturated rings. The van der Waals surface area contributed by atoms with Crippen molar-refractivity contribution in [1.82, 2.24) is 0 Å². The van der Waals surface area contributed by atoms with Gasteiger partial charge in [0.15, 0.2) is 5.84 Å². The van der Waals surface area contributed by atoms with Crippen LogP contribution in [0.1, 0.15) is 0 Å². The van der Waals surface area contributed by atoms with Gasteiger partial charge in [-0.15, -0.1) is 0 Å². The Morgan fingerprint density at radius 2 is 2.21 bits per heavy atom. The minimum Gasteiger partial charge on any atom is -0.618 e. The van der Waals surface area contributed by atoms with Crippen LogP contribution in [0, 0.1) is 5.21 Å². The first-order chi connectivity index (χ1) is 6.86. The molecule has 0 amide bonds. The molecule has 2 heterocycles. The van der Waals surface area contributed by atoms with E-state index in [9.17, 15) is 5.21 Å². The fraction of sp³-hybridized carbons (Fsp3) is 0.200. The summed E-state index contributed by atoms with van der Waals surface area (Å²) in [7, 11) is 0. The van der Waals surface area contributed by atoms with Gasteiger partial charge in [0.25, 0.3) is 0 Å². The summed E-state index contributed by atoms with van der Waals surface area (Å²) in [4.78, 5) is 6.33. The third kappa shape index (κ3) is 0.878. The summed E-state index contributed by atoms with van der Waals surface area (Å²) in [5.41, 5.74) is 1.66. The van der Waals surface area contributed by atoms with Crippen molar-refractivity contribution in [1.29, 1.82) is 0 Å². The van der Waals surface area contributed by atoms with E-state index >= 15 is 0 Å². The van der Waals surface area contributed by atoms with Crippen LogP contribution in [0.25, 0.3) is 0 Å².